The monoisotopic (exact) mass is 290 g/mol. The number of fused-ring (bicyclic) bond motifs is 1. The van der Waals surface area contributed by atoms with Crippen molar-refractivity contribution in [1.82, 2.24) is 4.98 Å². The van der Waals surface area contributed by atoms with Crippen LogP contribution in [0.1, 0.15) is 37.6 Å². The quantitative estimate of drug-likeness (QED) is 0.808. The van der Waals surface area contributed by atoms with E-state index in [0.29, 0.717) is 31.1 Å². The van der Waals surface area contributed by atoms with Crippen LogP contribution in [0.4, 0.5) is 0 Å². The molecule has 0 spiro atoms. The summed E-state index contributed by atoms with van der Waals surface area (Å²) in [5.74, 6) is 0.874. The van der Waals surface area contributed by atoms with Gasteiger partial charge in [0.1, 0.15) is 10.8 Å². The number of thiazole rings is 1. The molecule has 2 aromatic rings. The normalized spacial score (nSPS) is 12.7. The lowest BCUT2D eigenvalue weighted by Gasteiger charge is -2.12. The van der Waals surface area contributed by atoms with E-state index in [4.69, 9.17) is 5.73 Å². The van der Waals surface area contributed by atoms with Gasteiger partial charge in [0.25, 0.3) is 0 Å². The summed E-state index contributed by atoms with van der Waals surface area (Å²) in [7, 11) is 0. The van der Waals surface area contributed by atoms with Crippen LogP contribution in [-0.4, -0.2) is 17.3 Å². The summed E-state index contributed by atoms with van der Waals surface area (Å²) in [5.41, 5.74) is 6.58. The highest BCUT2D eigenvalue weighted by atomic mass is 32.1. The van der Waals surface area contributed by atoms with E-state index >= 15 is 0 Å². The molecule has 0 aliphatic rings. The highest BCUT2D eigenvalue weighted by Gasteiger charge is 2.12. The molecule has 1 aromatic carbocycles. The smallest absolute Gasteiger partial charge is 0.139 e. The van der Waals surface area contributed by atoms with E-state index in [-0.39, 0.29) is 0 Å². The molecular formula is C16H22N2OS. The van der Waals surface area contributed by atoms with Gasteiger partial charge in [0.05, 0.1) is 16.6 Å². The topological polar surface area (TPSA) is 56.0 Å². The third kappa shape index (κ3) is 4.12. The molecule has 0 saturated carbocycles. The average molecular weight is 290 g/mol. The fourth-order valence-corrected chi connectivity index (χ4v) is 3.40. The first-order valence-corrected chi connectivity index (χ1v) is 8.10. The summed E-state index contributed by atoms with van der Waals surface area (Å²) in [6.45, 7) is 2.88. The second-order valence-corrected chi connectivity index (χ2v) is 6.30. The van der Waals surface area contributed by atoms with Gasteiger partial charge in [-0.15, -0.1) is 11.3 Å². The number of rotatable bonds is 8. The standard InChI is InChI=1S/C16H22N2OS/c1-2-12(9-10-17)7-8-13(19)11-16-18-14-5-3-4-6-15(14)20-16/h3-6,12H,2,7-11,17H2,1H3. The van der Waals surface area contributed by atoms with Gasteiger partial charge in [0.15, 0.2) is 0 Å². The van der Waals surface area contributed by atoms with Gasteiger partial charge in [-0.2, -0.15) is 0 Å². The SMILES string of the molecule is CCC(CCN)CCC(=O)Cc1nc2ccccc2s1. The van der Waals surface area contributed by atoms with Crippen molar-refractivity contribution >= 4 is 27.3 Å². The molecule has 1 atom stereocenters. The first kappa shape index (κ1) is 15.1. The summed E-state index contributed by atoms with van der Waals surface area (Å²) in [6, 6.07) is 8.03. The third-order valence-electron chi connectivity index (χ3n) is 3.67. The van der Waals surface area contributed by atoms with Crippen molar-refractivity contribution < 1.29 is 4.79 Å². The van der Waals surface area contributed by atoms with E-state index in [2.05, 4.69) is 18.0 Å². The molecule has 2 rings (SSSR count). The molecule has 1 heterocycles. The third-order valence-corrected chi connectivity index (χ3v) is 4.71. The summed E-state index contributed by atoms with van der Waals surface area (Å²) in [6.07, 6.45) is 4.20. The van der Waals surface area contributed by atoms with Crippen molar-refractivity contribution in [3.8, 4) is 0 Å². The van der Waals surface area contributed by atoms with Crippen LogP contribution in [-0.2, 0) is 11.2 Å². The predicted molar refractivity (Wildman–Crippen MR) is 85.0 cm³/mol. The van der Waals surface area contributed by atoms with Crippen LogP contribution in [0.3, 0.4) is 0 Å². The minimum atomic E-state index is 0.291. The number of hydrogen-bond donors (Lipinski definition) is 1. The minimum absolute atomic E-state index is 0.291. The Kier molecular flexibility index (Phi) is 5.68. The van der Waals surface area contributed by atoms with Crippen LogP contribution in [0.25, 0.3) is 10.2 Å². The van der Waals surface area contributed by atoms with E-state index in [1.807, 2.05) is 18.2 Å². The van der Waals surface area contributed by atoms with Gasteiger partial charge in [-0.25, -0.2) is 4.98 Å². The molecule has 0 amide bonds. The molecule has 3 nitrogen and oxygen atoms in total. The number of carbonyl (C=O) groups excluding carboxylic acids is 1. The maximum absolute atomic E-state index is 12.0. The number of nitrogens with two attached hydrogens (primary N) is 1. The Hall–Kier alpha value is -1.26. The number of Topliss-reactive ketones (excluding diaryl/α,β-unsaturated/α-hetero) is 1. The Morgan fingerprint density at radius 3 is 2.85 bits per heavy atom. The number of nitrogens with zero attached hydrogens (tertiary/aromatic N) is 1. The van der Waals surface area contributed by atoms with E-state index < -0.39 is 0 Å². The molecule has 0 fully saturated rings. The molecule has 0 saturated heterocycles. The second kappa shape index (κ2) is 7.50. The van der Waals surface area contributed by atoms with Crippen molar-refractivity contribution in [2.45, 2.75) is 39.0 Å². The zero-order valence-corrected chi connectivity index (χ0v) is 12.8. The van der Waals surface area contributed by atoms with Crippen molar-refractivity contribution in [3.05, 3.63) is 29.3 Å². The van der Waals surface area contributed by atoms with Gasteiger partial charge in [0.2, 0.25) is 0 Å². The van der Waals surface area contributed by atoms with Gasteiger partial charge in [-0.05, 0) is 37.4 Å². The molecular weight excluding hydrogens is 268 g/mol. The summed E-state index contributed by atoms with van der Waals surface area (Å²) >= 11 is 1.62. The second-order valence-electron chi connectivity index (χ2n) is 5.18. The van der Waals surface area contributed by atoms with Crippen LogP contribution in [0, 0.1) is 5.92 Å². The molecule has 108 valence electrons. The van der Waals surface area contributed by atoms with Crippen LogP contribution in [0.15, 0.2) is 24.3 Å². The molecule has 0 aliphatic carbocycles. The molecule has 4 heteroatoms. The predicted octanol–water partition coefficient (Wildman–Crippen LogP) is 3.56. The van der Waals surface area contributed by atoms with E-state index in [1.165, 1.54) is 0 Å². The highest BCUT2D eigenvalue weighted by molar-refractivity contribution is 7.18. The fraction of sp³-hybridized carbons (Fsp3) is 0.500. The van der Waals surface area contributed by atoms with Crippen molar-refractivity contribution in [3.63, 3.8) is 0 Å². The zero-order valence-electron chi connectivity index (χ0n) is 12.0. The van der Waals surface area contributed by atoms with Gasteiger partial charge in [0, 0.05) is 6.42 Å². The Balaban J connectivity index is 1.87. The maximum atomic E-state index is 12.0. The average Bonchev–Trinajstić information content (AvgIpc) is 2.85. The van der Waals surface area contributed by atoms with Crippen molar-refractivity contribution in [2.24, 2.45) is 11.7 Å². The molecule has 0 aliphatic heterocycles. The fourth-order valence-electron chi connectivity index (χ4n) is 2.41. The Labute approximate surface area is 124 Å². The molecule has 0 radical (unpaired) electrons. The summed E-state index contributed by atoms with van der Waals surface area (Å²) < 4.78 is 1.16. The lowest BCUT2D eigenvalue weighted by Crippen LogP contribution is -2.11. The largest absolute Gasteiger partial charge is 0.330 e. The van der Waals surface area contributed by atoms with Crippen molar-refractivity contribution in [1.29, 1.82) is 0 Å². The number of ketones is 1. The number of benzene rings is 1. The van der Waals surface area contributed by atoms with Gasteiger partial charge >= 0.3 is 0 Å². The maximum Gasteiger partial charge on any atom is 0.139 e. The Bertz CT molecular complexity index is 531. The molecule has 0 bridgehead atoms. The zero-order chi connectivity index (χ0) is 14.4. The molecule has 2 N–H and O–H groups in total. The van der Waals surface area contributed by atoms with E-state index in [1.54, 1.807) is 11.3 Å². The lowest BCUT2D eigenvalue weighted by atomic mass is 9.95. The van der Waals surface area contributed by atoms with Gasteiger partial charge in [-0.1, -0.05) is 25.5 Å². The van der Waals surface area contributed by atoms with Crippen molar-refractivity contribution in [2.75, 3.05) is 6.54 Å². The van der Waals surface area contributed by atoms with Gasteiger partial charge in [-0.3, -0.25) is 4.79 Å². The first-order valence-electron chi connectivity index (χ1n) is 7.29. The molecule has 1 aromatic heterocycles. The van der Waals surface area contributed by atoms with Crippen LogP contribution < -0.4 is 5.73 Å². The summed E-state index contributed by atoms with van der Waals surface area (Å²) in [4.78, 5) is 16.6. The Morgan fingerprint density at radius 2 is 2.15 bits per heavy atom. The highest BCUT2D eigenvalue weighted by Crippen LogP contribution is 2.23. The van der Waals surface area contributed by atoms with E-state index in [9.17, 15) is 4.79 Å². The van der Waals surface area contributed by atoms with Gasteiger partial charge < -0.3 is 5.73 Å². The molecule has 1 unspecified atom stereocenters. The van der Waals surface area contributed by atoms with Crippen LogP contribution in [0.2, 0.25) is 0 Å². The summed E-state index contributed by atoms with van der Waals surface area (Å²) in [5, 5.41) is 0.933. The number of carbonyl (C=O) groups is 1. The van der Waals surface area contributed by atoms with E-state index in [0.717, 1.165) is 34.5 Å². The number of para-hydroxylation sites is 1. The van der Waals surface area contributed by atoms with Crippen LogP contribution >= 0.6 is 11.3 Å². The Morgan fingerprint density at radius 1 is 1.35 bits per heavy atom. The molecule has 20 heavy (non-hydrogen) atoms. The van der Waals surface area contributed by atoms with Crippen LogP contribution in [0.5, 0.6) is 0 Å². The lowest BCUT2D eigenvalue weighted by molar-refractivity contribution is -0.118. The first-order chi connectivity index (χ1) is 9.72. The minimum Gasteiger partial charge on any atom is -0.330 e. The number of hydrogen-bond acceptors (Lipinski definition) is 4. The number of aromatic nitrogens is 1.